The average Bonchev–Trinajstić information content (AvgIpc) is 2.37. The summed E-state index contributed by atoms with van der Waals surface area (Å²) in [5, 5.41) is 12.3. The van der Waals surface area contributed by atoms with Crippen LogP contribution in [-0.2, 0) is 9.59 Å². The number of amides is 1. The molecular weight excluding hydrogens is 254 g/mol. The van der Waals surface area contributed by atoms with Crippen molar-refractivity contribution in [3.8, 4) is 0 Å². The summed E-state index contributed by atoms with van der Waals surface area (Å²) >= 11 is 0. The highest BCUT2D eigenvalue weighted by atomic mass is 16.4. The molecule has 2 aliphatic rings. The zero-order valence-corrected chi connectivity index (χ0v) is 12.6. The van der Waals surface area contributed by atoms with Crippen molar-refractivity contribution in [3.05, 3.63) is 0 Å². The summed E-state index contributed by atoms with van der Waals surface area (Å²) in [6, 6.07) is 0.284. The van der Waals surface area contributed by atoms with Crippen molar-refractivity contribution in [1.29, 1.82) is 0 Å². The Hall–Kier alpha value is -1.06. The van der Waals surface area contributed by atoms with Gasteiger partial charge >= 0.3 is 5.97 Å². The lowest BCUT2D eigenvalue weighted by Crippen LogP contribution is -2.44. The van der Waals surface area contributed by atoms with E-state index in [0.717, 1.165) is 32.1 Å². The van der Waals surface area contributed by atoms with E-state index in [1.807, 2.05) is 0 Å². The summed E-state index contributed by atoms with van der Waals surface area (Å²) in [5.74, 6) is 0.245. The molecule has 2 N–H and O–H groups in total. The molecule has 4 unspecified atom stereocenters. The summed E-state index contributed by atoms with van der Waals surface area (Å²) < 4.78 is 0. The van der Waals surface area contributed by atoms with Gasteiger partial charge in [-0.3, -0.25) is 9.59 Å². The number of carbonyl (C=O) groups excluding carboxylic acids is 1. The van der Waals surface area contributed by atoms with E-state index in [0.29, 0.717) is 18.3 Å². The highest BCUT2D eigenvalue weighted by Gasteiger charge is 2.33. The third-order valence-electron chi connectivity index (χ3n) is 4.92. The van der Waals surface area contributed by atoms with Crippen molar-refractivity contribution in [2.75, 3.05) is 0 Å². The first kappa shape index (κ1) is 15.3. The van der Waals surface area contributed by atoms with Crippen LogP contribution in [0.15, 0.2) is 0 Å². The first-order chi connectivity index (χ1) is 9.45. The van der Waals surface area contributed by atoms with E-state index >= 15 is 0 Å². The molecule has 114 valence electrons. The second-order valence-electron chi connectivity index (χ2n) is 7.02. The molecule has 20 heavy (non-hydrogen) atoms. The zero-order chi connectivity index (χ0) is 14.7. The molecule has 0 spiro atoms. The van der Waals surface area contributed by atoms with Crippen LogP contribution in [0.25, 0.3) is 0 Å². The van der Waals surface area contributed by atoms with E-state index in [1.165, 1.54) is 6.42 Å². The molecule has 0 saturated heterocycles. The van der Waals surface area contributed by atoms with Crippen LogP contribution in [0.5, 0.6) is 0 Å². The molecule has 2 aliphatic carbocycles. The van der Waals surface area contributed by atoms with Crippen LogP contribution in [0.2, 0.25) is 0 Å². The van der Waals surface area contributed by atoms with Gasteiger partial charge in [-0.25, -0.2) is 0 Å². The predicted octanol–water partition coefficient (Wildman–Crippen LogP) is 2.82. The normalized spacial score (nSPS) is 38.2. The van der Waals surface area contributed by atoms with Gasteiger partial charge in [-0.15, -0.1) is 0 Å². The standard InChI is InChI=1S/C16H27NO3/c1-10-6-11(2)8-14(7-10)17-15(18)12-4-3-5-13(9-12)16(19)20/h10-14H,3-9H2,1-2H3,(H,17,18)(H,19,20). The largest absolute Gasteiger partial charge is 0.481 e. The Morgan fingerprint density at radius 2 is 1.55 bits per heavy atom. The van der Waals surface area contributed by atoms with Gasteiger partial charge in [0.25, 0.3) is 0 Å². The fourth-order valence-corrected chi connectivity index (χ4v) is 4.04. The number of carboxylic acids is 1. The van der Waals surface area contributed by atoms with Crippen LogP contribution < -0.4 is 5.32 Å². The van der Waals surface area contributed by atoms with Crippen molar-refractivity contribution < 1.29 is 14.7 Å². The first-order valence-electron chi connectivity index (χ1n) is 7.99. The van der Waals surface area contributed by atoms with Crippen LogP contribution in [0.4, 0.5) is 0 Å². The van der Waals surface area contributed by atoms with Crippen molar-refractivity contribution in [2.24, 2.45) is 23.7 Å². The van der Waals surface area contributed by atoms with Gasteiger partial charge in [0.15, 0.2) is 0 Å². The van der Waals surface area contributed by atoms with E-state index in [4.69, 9.17) is 5.11 Å². The topological polar surface area (TPSA) is 66.4 Å². The van der Waals surface area contributed by atoms with Crippen LogP contribution in [0, 0.1) is 23.7 Å². The second kappa shape index (κ2) is 6.59. The fraction of sp³-hybridized carbons (Fsp3) is 0.875. The van der Waals surface area contributed by atoms with Crippen LogP contribution in [0.3, 0.4) is 0 Å². The molecule has 0 radical (unpaired) electrons. The number of carbonyl (C=O) groups is 2. The molecule has 4 nitrogen and oxygen atoms in total. The molecule has 1 amide bonds. The molecule has 0 aromatic rings. The SMILES string of the molecule is CC1CC(C)CC(NC(=O)C2CCCC(C(=O)O)C2)C1. The number of aliphatic carboxylic acids is 1. The fourth-order valence-electron chi connectivity index (χ4n) is 4.04. The molecular formula is C16H27NO3. The van der Waals surface area contributed by atoms with E-state index in [9.17, 15) is 9.59 Å². The monoisotopic (exact) mass is 281 g/mol. The zero-order valence-electron chi connectivity index (χ0n) is 12.6. The lowest BCUT2D eigenvalue weighted by molar-refractivity contribution is -0.144. The van der Waals surface area contributed by atoms with Gasteiger partial charge in [-0.1, -0.05) is 20.3 Å². The van der Waals surface area contributed by atoms with E-state index in [2.05, 4.69) is 19.2 Å². The van der Waals surface area contributed by atoms with Crippen molar-refractivity contribution in [1.82, 2.24) is 5.32 Å². The number of carboxylic acid groups (broad SMARTS) is 1. The smallest absolute Gasteiger partial charge is 0.306 e. The molecule has 0 aromatic carbocycles. The Bertz CT molecular complexity index is 359. The number of nitrogens with one attached hydrogen (secondary N) is 1. The van der Waals surface area contributed by atoms with Crippen molar-refractivity contribution in [2.45, 2.75) is 64.8 Å². The van der Waals surface area contributed by atoms with Crippen LogP contribution >= 0.6 is 0 Å². The molecule has 4 atom stereocenters. The van der Waals surface area contributed by atoms with E-state index in [1.54, 1.807) is 0 Å². The predicted molar refractivity (Wildman–Crippen MR) is 77.2 cm³/mol. The summed E-state index contributed by atoms with van der Waals surface area (Å²) in [7, 11) is 0. The first-order valence-corrected chi connectivity index (χ1v) is 7.99. The minimum Gasteiger partial charge on any atom is -0.481 e. The maximum atomic E-state index is 12.3. The molecule has 0 aliphatic heterocycles. The molecule has 2 rings (SSSR count). The third kappa shape index (κ3) is 3.97. The Morgan fingerprint density at radius 3 is 2.15 bits per heavy atom. The maximum Gasteiger partial charge on any atom is 0.306 e. The van der Waals surface area contributed by atoms with Gasteiger partial charge in [-0.05, 0) is 50.4 Å². The third-order valence-corrected chi connectivity index (χ3v) is 4.92. The van der Waals surface area contributed by atoms with Crippen LogP contribution in [-0.4, -0.2) is 23.0 Å². The van der Waals surface area contributed by atoms with Crippen molar-refractivity contribution in [3.63, 3.8) is 0 Å². The molecule has 2 saturated carbocycles. The van der Waals surface area contributed by atoms with Gasteiger partial charge in [0.2, 0.25) is 5.91 Å². The molecule has 2 fully saturated rings. The van der Waals surface area contributed by atoms with Gasteiger partial charge < -0.3 is 10.4 Å². The lowest BCUT2D eigenvalue weighted by atomic mass is 9.78. The molecule has 0 heterocycles. The van der Waals surface area contributed by atoms with E-state index in [-0.39, 0.29) is 23.8 Å². The molecule has 4 heteroatoms. The maximum absolute atomic E-state index is 12.3. The molecule has 0 bridgehead atoms. The average molecular weight is 281 g/mol. The quantitative estimate of drug-likeness (QED) is 0.836. The Kier molecular flexibility index (Phi) is 5.06. The second-order valence-corrected chi connectivity index (χ2v) is 7.02. The highest BCUT2D eigenvalue weighted by Crippen LogP contribution is 2.31. The summed E-state index contributed by atoms with van der Waals surface area (Å²) in [4.78, 5) is 23.4. The summed E-state index contributed by atoms with van der Waals surface area (Å²) in [6.07, 6.45) is 6.29. The van der Waals surface area contributed by atoms with Crippen LogP contribution in [0.1, 0.15) is 58.8 Å². The summed E-state index contributed by atoms with van der Waals surface area (Å²) in [5.41, 5.74) is 0. The van der Waals surface area contributed by atoms with Gasteiger partial charge in [0.1, 0.15) is 0 Å². The minimum absolute atomic E-state index is 0.0854. The number of hydrogen-bond acceptors (Lipinski definition) is 2. The Morgan fingerprint density at radius 1 is 0.950 bits per heavy atom. The lowest BCUT2D eigenvalue weighted by Gasteiger charge is -2.34. The van der Waals surface area contributed by atoms with Gasteiger partial charge in [-0.2, -0.15) is 0 Å². The Labute approximate surface area is 121 Å². The van der Waals surface area contributed by atoms with Gasteiger partial charge in [0.05, 0.1) is 5.92 Å². The molecule has 0 aromatic heterocycles. The van der Waals surface area contributed by atoms with Gasteiger partial charge in [0, 0.05) is 12.0 Å². The highest BCUT2D eigenvalue weighted by molar-refractivity contribution is 5.80. The van der Waals surface area contributed by atoms with E-state index < -0.39 is 5.97 Å². The number of hydrogen-bond donors (Lipinski definition) is 2. The van der Waals surface area contributed by atoms with Crippen molar-refractivity contribution >= 4 is 11.9 Å². The Balaban J connectivity index is 1.86. The minimum atomic E-state index is -0.748. The number of rotatable bonds is 3. The summed E-state index contributed by atoms with van der Waals surface area (Å²) in [6.45, 7) is 4.49.